The fourth-order valence-corrected chi connectivity index (χ4v) is 2.71. The third-order valence-electron chi connectivity index (χ3n) is 3.92. The van der Waals surface area contributed by atoms with Crippen LogP contribution in [0.5, 0.6) is 0 Å². The lowest BCUT2D eigenvalue weighted by Crippen LogP contribution is -2.44. The predicted molar refractivity (Wildman–Crippen MR) is 72.4 cm³/mol. The molecule has 1 saturated heterocycles. The summed E-state index contributed by atoms with van der Waals surface area (Å²) in [7, 11) is 0. The van der Waals surface area contributed by atoms with E-state index in [0.29, 0.717) is 19.5 Å². The van der Waals surface area contributed by atoms with E-state index in [2.05, 4.69) is 5.32 Å². The number of nitrogens with one attached hydrogen (secondary N) is 1. The van der Waals surface area contributed by atoms with Gasteiger partial charge in [0.05, 0.1) is 12.1 Å². The third kappa shape index (κ3) is 2.99. The van der Waals surface area contributed by atoms with Crippen LogP contribution in [0.4, 0.5) is 4.39 Å². The highest BCUT2D eigenvalue weighted by molar-refractivity contribution is 5.83. The average Bonchev–Trinajstić information content (AvgIpc) is 3.17. The van der Waals surface area contributed by atoms with Crippen LogP contribution in [-0.4, -0.2) is 40.6 Å². The molecule has 2 atom stereocenters. The van der Waals surface area contributed by atoms with Crippen LogP contribution in [0.15, 0.2) is 24.3 Å². The Morgan fingerprint density at radius 1 is 1.45 bits per heavy atom. The fraction of sp³-hybridized carbons (Fsp3) is 0.533. The van der Waals surface area contributed by atoms with Crippen LogP contribution >= 0.6 is 0 Å². The van der Waals surface area contributed by atoms with Crippen molar-refractivity contribution in [2.45, 2.75) is 44.0 Å². The van der Waals surface area contributed by atoms with Gasteiger partial charge in [-0.3, -0.25) is 4.79 Å². The first-order valence-electron chi connectivity index (χ1n) is 7.10. The van der Waals surface area contributed by atoms with Crippen molar-refractivity contribution in [1.82, 2.24) is 10.2 Å². The van der Waals surface area contributed by atoms with Gasteiger partial charge in [-0.15, -0.1) is 0 Å². The fourth-order valence-electron chi connectivity index (χ4n) is 2.71. The number of aliphatic hydroxyl groups excluding tert-OH is 1. The molecule has 2 unspecified atom stereocenters. The molecule has 0 radical (unpaired) electrons. The Kier molecular flexibility index (Phi) is 3.72. The van der Waals surface area contributed by atoms with E-state index in [1.54, 1.807) is 6.07 Å². The first-order chi connectivity index (χ1) is 9.63. The number of aliphatic hydroxyl groups is 1. The summed E-state index contributed by atoms with van der Waals surface area (Å²) in [5.74, 6) is -0.256. The third-order valence-corrected chi connectivity index (χ3v) is 3.92. The van der Waals surface area contributed by atoms with Gasteiger partial charge in [0.1, 0.15) is 5.82 Å². The maximum absolute atomic E-state index is 13.2. The van der Waals surface area contributed by atoms with Crippen molar-refractivity contribution in [1.29, 1.82) is 0 Å². The van der Waals surface area contributed by atoms with Gasteiger partial charge in [-0.25, -0.2) is 4.39 Å². The summed E-state index contributed by atoms with van der Waals surface area (Å²) in [6.07, 6.45) is 2.04. The summed E-state index contributed by atoms with van der Waals surface area (Å²) < 4.78 is 13.2. The predicted octanol–water partition coefficient (Wildman–Crippen LogP) is 1.04. The molecule has 1 aromatic carbocycles. The van der Waals surface area contributed by atoms with Crippen molar-refractivity contribution in [3.05, 3.63) is 35.6 Å². The van der Waals surface area contributed by atoms with E-state index < -0.39 is 6.10 Å². The Balaban J connectivity index is 1.71. The van der Waals surface area contributed by atoms with Crippen LogP contribution in [0.1, 0.15) is 24.8 Å². The van der Waals surface area contributed by atoms with Crippen molar-refractivity contribution < 1.29 is 14.3 Å². The lowest BCUT2D eigenvalue weighted by molar-refractivity contribution is -0.134. The number of nitrogens with zero attached hydrogens (tertiary/aromatic N) is 1. The van der Waals surface area contributed by atoms with E-state index in [-0.39, 0.29) is 23.8 Å². The first kappa shape index (κ1) is 13.5. The Hall–Kier alpha value is -1.46. The van der Waals surface area contributed by atoms with Gasteiger partial charge >= 0.3 is 0 Å². The second-order valence-electron chi connectivity index (χ2n) is 5.68. The summed E-state index contributed by atoms with van der Waals surface area (Å²) in [5.41, 5.74) is 0.809. The van der Waals surface area contributed by atoms with Gasteiger partial charge in [0.2, 0.25) is 5.91 Å². The molecule has 1 heterocycles. The Bertz CT molecular complexity index is 504. The molecular formula is C15H19FN2O2. The van der Waals surface area contributed by atoms with Gasteiger partial charge in [-0.05, 0) is 37.0 Å². The smallest absolute Gasteiger partial charge is 0.240 e. The molecular weight excluding hydrogens is 259 g/mol. The number of carbonyl (C=O) groups is 1. The van der Waals surface area contributed by atoms with Crippen LogP contribution in [0, 0.1) is 5.82 Å². The summed E-state index contributed by atoms with van der Waals surface area (Å²) in [5, 5.41) is 12.6. The minimum absolute atomic E-state index is 0.0216. The van der Waals surface area contributed by atoms with Crippen molar-refractivity contribution in [3.63, 3.8) is 0 Å². The SMILES string of the molecule is O=C(C1CC(O)CN1)N(Cc1cccc(F)c1)C1CC1. The zero-order valence-corrected chi connectivity index (χ0v) is 11.3. The number of hydrogen-bond acceptors (Lipinski definition) is 3. The van der Waals surface area contributed by atoms with Crippen molar-refractivity contribution >= 4 is 5.91 Å². The normalized spacial score (nSPS) is 25.7. The molecule has 2 N–H and O–H groups in total. The van der Waals surface area contributed by atoms with Crippen molar-refractivity contribution in [3.8, 4) is 0 Å². The van der Waals surface area contributed by atoms with Crippen LogP contribution in [0.25, 0.3) is 0 Å². The maximum atomic E-state index is 13.2. The topological polar surface area (TPSA) is 52.6 Å². The molecule has 4 nitrogen and oxygen atoms in total. The van der Waals surface area contributed by atoms with Gasteiger partial charge < -0.3 is 15.3 Å². The zero-order chi connectivity index (χ0) is 14.1. The molecule has 2 fully saturated rings. The largest absolute Gasteiger partial charge is 0.392 e. The van der Waals surface area contributed by atoms with Crippen LogP contribution in [-0.2, 0) is 11.3 Å². The minimum Gasteiger partial charge on any atom is -0.392 e. The summed E-state index contributed by atoms with van der Waals surface area (Å²) in [4.78, 5) is 14.3. The molecule has 5 heteroatoms. The second kappa shape index (κ2) is 5.50. The molecule has 1 amide bonds. The molecule has 108 valence electrons. The second-order valence-corrected chi connectivity index (χ2v) is 5.68. The van der Waals surface area contributed by atoms with Gasteiger partial charge in [0.25, 0.3) is 0 Å². The monoisotopic (exact) mass is 278 g/mol. The van der Waals surface area contributed by atoms with E-state index in [9.17, 15) is 14.3 Å². The summed E-state index contributed by atoms with van der Waals surface area (Å²) in [6, 6.07) is 6.34. The van der Waals surface area contributed by atoms with E-state index in [4.69, 9.17) is 0 Å². The lowest BCUT2D eigenvalue weighted by Gasteiger charge is -2.25. The molecule has 1 aliphatic heterocycles. The number of β-amino-alcohol motifs (C(OH)–C–C–N with tert-alkyl or cyclic N) is 1. The maximum Gasteiger partial charge on any atom is 0.240 e. The molecule has 1 aliphatic carbocycles. The van der Waals surface area contributed by atoms with Gasteiger partial charge in [0, 0.05) is 19.1 Å². The molecule has 1 aromatic rings. The molecule has 0 bridgehead atoms. The van der Waals surface area contributed by atoms with E-state index >= 15 is 0 Å². The average molecular weight is 278 g/mol. The van der Waals surface area contributed by atoms with Gasteiger partial charge in [-0.2, -0.15) is 0 Å². The summed E-state index contributed by atoms with van der Waals surface area (Å²) in [6.45, 7) is 0.907. The number of benzene rings is 1. The molecule has 0 spiro atoms. The standard InChI is InChI=1S/C15H19FN2O2/c16-11-3-1-2-10(6-11)9-18(12-4-5-12)15(20)14-7-13(19)8-17-14/h1-3,6,12-14,17,19H,4-5,7-9H2. The highest BCUT2D eigenvalue weighted by Gasteiger charge is 2.38. The zero-order valence-electron chi connectivity index (χ0n) is 11.3. The molecule has 2 aliphatic rings. The van der Waals surface area contributed by atoms with E-state index in [1.165, 1.54) is 12.1 Å². The first-order valence-corrected chi connectivity index (χ1v) is 7.10. The highest BCUT2D eigenvalue weighted by atomic mass is 19.1. The van der Waals surface area contributed by atoms with Gasteiger partial charge in [0.15, 0.2) is 0 Å². The van der Waals surface area contributed by atoms with E-state index in [0.717, 1.165) is 18.4 Å². The van der Waals surface area contributed by atoms with Crippen LogP contribution < -0.4 is 5.32 Å². The molecule has 1 saturated carbocycles. The van der Waals surface area contributed by atoms with Gasteiger partial charge in [-0.1, -0.05) is 12.1 Å². The Morgan fingerprint density at radius 3 is 2.85 bits per heavy atom. The molecule has 3 rings (SSSR count). The molecule has 20 heavy (non-hydrogen) atoms. The number of amides is 1. The number of carbonyl (C=O) groups excluding carboxylic acids is 1. The Morgan fingerprint density at radius 2 is 2.25 bits per heavy atom. The van der Waals surface area contributed by atoms with E-state index in [1.807, 2.05) is 11.0 Å². The number of rotatable bonds is 4. The number of halogens is 1. The highest BCUT2D eigenvalue weighted by Crippen LogP contribution is 2.30. The quantitative estimate of drug-likeness (QED) is 0.865. The van der Waals surface area contributed by atoms with Crippen LogP contribution in [0.3, 0.4) is 0 Å². The Labute approximate surface area is 117 Å². The molecule has 0 aromatic heterocycles. The van der Waals surface area contributed by atoms with Crippen LogP contribution in [0.2, 0.25) is 0 Å². The minimum atomic E-state index is -0.445. The summed E-state index contributed by atoms with van der Waals surface area (Å²) >= 11 is 0. The lowest BCUT2D eigenvalue weighted by atomic mass is 10.1. The number of hydrogen-bond donors (Lipinski definition) is 2. The van der Waals surface area contributed by atoms with Crippen molar-refractivity contribution in [2.24, 2.45) is 0 Å². The van der Waals surface area contributed by atoms with Crippen molar-refractivity contribution in [2.75, 3.05) is 6.54 Å².